The molecule has 10 heteroatoms. The molecule has 0 aromatic heterocycles. The van der Waals surface area contributed by atoms with Gasteiger partial charge in [-0.1, -0.05) is 42.8 Å². The van der Waals surface area contributed by atoms with Crippen molar-refractivity contribution in [3.05, 3.63) is 40.3 Å². The third-order valence-electron chi connectivity index (χ3n) is 5.34. The van der Waals surface area contributed by atoms with Crippen LogP contribution in [0.5, 0.6) is 0 Å². The fourth-order valence-corrected chi connectivity index (χ4v) is 5.23. The van der Waals surface area contributed by atoms with Gasteiger partial charge in [0.15, 0.2) is 4.32 Å². The van der Waals surface area contributed by atoms with Gasteiger partial charge >= 0.3 is 6.18 Å². The Balaban J connectivity index is 1.66. The van der Waals surface area contributed by atoms with E-state index in [1.807, 2.05) is 0 Å². The van der Waals surface area contributed by atoms with E-state index in [0.717, 1.165) is 46.8 Å². The molecule has 2 heterocycles. The normalized spacial score (nSPS) is 26.7. The summed E-state index contributed by atoms with van der Waals surface area (Å²) in [5.41, 5.74) is -1.07. The minimum absolute atomic E-state index is 0.0499. The standard InChI is InChI=1S/C19H15F3N2O3S2/c20-19(21,22)13-8-4-1-5-10(13)9-14-17(27)24(18(28)29-14)23-15(25)11-6-2-3-7-12(11)16(23)26/h1,4-5,8-9,11-12H,2-3,6-7H2. The highest BCUT2D eigenvalue weighted by Crippen LogP contribution is 2.43. The zero-order chi connectivity index (χ0) is 20.9. The predicted octanol–water partition coefficient (Wildman–Crippen LogP) is 4.00. The number of hydrazine groups is 1. The number of halogens is 3. The molecule has 3 fully saturated rings. The fraction of sp³-hybridized carbons (Fsp3) is 0.368. The number of fused-ring (bicyclic) bond motifs is 1. The second-order valence-corrected chi connectivity index (χ2v) is 8.74. The Morgan fingerprint density at radius 3 is 2.17 bits per heavy atom. The molecule has 2 atom stereocenters. The molecule has 2 unspecified atom stereocenters. The van der Waals surface area contributed by atoms with Gasteiger partial charge in [0.1, 0.15) is 0 Å². The van der Waals surface area contributed by atoms with E-state index in [1.165, 1.54) is 18.2 Å². The van der Waals surface area contributed by atoms with Crippen LogP contribution in [0.15, 0.2) is 29.2 Å². The van der Waals surface area contributed by atoms with E-state index in [-0.39, 0.29) is 14.8 Å². The number of nitrogens with zero attached hydrogens (tertiary/aromatic N) is 2. The third-order valence-corrected chi connectivity index (χ3v) is 6.63. The number of rotatable bonds is 2. The molecule has 2 saturated heterocycles. The Bertz CT molecular complexity index is 936. The summed E-state index contributed by atoms with van der Waals surface area (Å²) in [7, 11) is 0. The minimum Gasteiger partial charge on any atom is -0.272 e. The zero-order valence-electron chi connectivity index (χ0n) is 14.9. The molecule has 1 saturated carbocycles. The molecule has 29 heavy (non-hydrogen) atoms. The van der Waals surface area contributed by atoms with Gasteiger partial charge < -0.3 is 0 Å². The quantitative estimate of drug-likeness (QED) is 0.395. The average Bonchev–Trinajstić information content (AvgIpc) is 3.08. The van der Waals surface area contributed by atoms with Crippen LogP contribution >= 0.6 is 24.0 Å². The van der Waals surface area contributed by atoms with Gasteiger partial charge in [-0.05, 0) is 42.8 Å². The van der Waals surface area contributed by atoms with Crippen molar-refractivity contribution in [3.8, 4) is 0 Å². The van der Waals surface area contributed by atoms with Crippen molar-refractivity contribution < 1.29 is 27.6 Å². The number of hydrogen-bond donors (Lipinski definition) is 0. The Morgan fingerprint density at radius 2 is 1.59 bits per heavy atom. The van der Waals surface area contributed by atoms with Crippen LogP contribution in [-0.4, -0.2) is 32.1 Å². The second kappa shape index (κ2) is 7.24. The fourth-order valence-electron chi connectivity index (χ4n) is 4.00. The number of imide groups is 1. The Morgan fingerprint density at radius 1 is 1.00 bits per heavy atom. The van der Waals surface area contributed by atoms with Crippen molar-refractivity contribution in [2.75, 3.05) is 0 Å². The summed E-state index contributed by atoms with van der Waals surface area (Å²) in [6, 6.07) is 4.86. The van der Waals surface area contributed by atoms with E-state index in [0.29, 0.717) is 12.8 Å². The van der Waals surface area contributed by atoms with Crippen LogP contribution in [-0.2, 0) is 20.6 Å². The van der Waals surface area contributed by atoms with E-state index in [9.17, 15) is 27.6 Å². The zero-order valence-corrected chi connectivity index (χ0v) is 16.6. The number of thiocarbonyl (C=S) groups is 1. The van der Waals surface area contributed by atoms with Crippen LogP contribution in [0.1, 0.15) is 36.8 Å². The van der Waals surface area contributed by atoms with Gasteiger partial charge in [-0.15, -0.1) is 0 Å². The average molecular weight is 440 g/mol. The first kappa shape index (κ1) is 20.1. The summed E-state index contributed by atoms with van der Waals surface area (Å²) in [4.78, 5) is 38.3. The van der Waals surface area contributed by atoms with E-state index in [2.05, 4.69) is 0 Å². The van der Waals surface area contributed by atoms with Crippen LogP contribution < -0.4 is 0 Å². The molecular formula is C19H15F3N2O3S2. The van der Waals surface area contributed by atoms with Gasteiger partial charge in [0.2, 0.25) is 0 Å². The summed E-state index contributed by atoms with van der Waals surface area (Å²) < 4.78 is 39.7. The summed E-state index contributed by atoms with van der Waals surface area (Å²) in [5.74, 6) is -2.62. The lowest BCUT2D eigenvalue weighted by Crippen LogP contribution is -2.49. The topological polar surface area (TPSA) is 57.7 Å². The summed E-state index contributed by atoms with van der Waals surface area (Å²) >= 11 is 5.96. The summed E-state index contributed by atoms with van der Waals surface area (Å²) in [6.07, 6.45) is -0.664. The van der Waals surface area contributed by atoms with Crippen LogP contribution in [0.25, 0.3) is 6.08 Å². The largest absolute Gasteiger partial charge is 0.416 e. The number of amides is 3. The molecule has 3 amide bonds. The number of carbonyl (C=O) groups is 3. The van der Waals surface area contributed by atoms with Crippen molar-refractivity contribution in [1.82, 2.24) is 10.0 Å². The first-order valence-corrected chi connectivity index (χ1v) is 10.2. The van der Waals surface area contributed by atoms with Crippen LogP contribution in [0.2, 0.25) is 0 Å². The maximum atomic E-state index is 13.2. The molecule has 0 spiro atoms. The van der Waals surface area contributed by atoms with Crippen molar-refractivity contribution in [2.45, 2.75) is 31.9 Å². The van der Waals surface area contributed by atoms with Gasteiger partial charge in [-0.2, -0.15) is 23.2 Å². The first-order chi connectivity index (χ1) is 13.7. The van der Waals surface area contributed by atoms with Crippen molar-refractivity contribution in [1.29, 1.82) is 0 Å². The highest BCUT2D eigenvalue weighted by atomic mass is 32.2. The smallest absolute Gasteiger partial charge is 0.272 e. The Hall–Kier alpha value is -2.20. The lowest BCUT2D eigenvalue weighted by Gasteiger charge is -2.24. The summed E-state index contributed by atoms with van der Waals surface area (Å²) in [6.45, 7) is 0. The monoisotopic (exact) mass is 440 g/mol. The van der Waals surface area contributed by atoms with Crippen LogP contribution in [0, 0.1) is 11.8 Å². The lowest BCUT2D eigenvalue weighted by atomic mass is 9.81. The Kier molecular flexibility index (Phi) is 5.02. The molecule has 0 N–H and O–H groups in total. The van der Waals surface area contributed by atoms with Gasteiger partial charge in [-0.3, -0.25) is 14.4 Å². The lowest BCUT2D eigenvalue weighted by molar-refractivity contribution is -0.158. The molecule has 2 aliphatic heterocycles. The first-order valence-electron chi connectivity index (χ1n) is 9.02. The number of thioether (sulfide) groups is 1. The molecule has 1 aromatic carbocycles. The van der Waals surface area contributed by atoms with Gasteiger partial charge in [-0.25, -0.2) is 0 Å². The molecule has 4 rings (SSSR count). The molecule has 152 valence electrons. The van der Waals surface area contributed by atoms with Crippen molar-refractivity contribution >= 4 is 52.1 Å². The molecule has 0 bridgehead atoms. The molecule has 5 nitrogen and oxygen atoms in total. The molecule has 1 aromatic rings. The molecule has 3 aliphatic rings. The number of carbonyl (C=O) groups excluding carboxylic acids is 3. The number of hydrogen-bond acceptors (Lipinski definition) is 5. The number of alkyl halides is 3. The second-order valence-electron chi connectivity index (χ2n) is 7.06. The van der Waals surface area contributed by atoms with Crippen LogP contribution in [0.3, 0.4) is 0 Å². The minimum atomic E-state index is -4.59. The van der Waals surface area contributed by atoms with E-state index >= 15 is 0 Å². The van der Waals surface area contributed by atoms with E-state index < -0.39 is 41.3 Å². The van der Waals surface area contributed by atoms with Gasteiger partial charge in [0.25, 0.3) is 17.7 Å². The van der Waals surface area contributed by atoms with Crippen LogP contribution in [0.4, 0.5) is 13.2 Å². The molecular weight excluding hydrogens is 425 g/mol. The third kappa shape index (κ3) is 3.38. The van der Waals surface area contributed by atoms with E-state index in [1.54, 1.807) is 0 Å². The molecule has 0 radical (unpaired) electrons. The summed E-state index contributed by atoms with van der Waals surface area (Å²) in [5, 5.41) is 1.64. The SMILES string of the molecule is O=C1C(=Cc2ccccc2C(F)(F)F)SC(=S)N1N1C(=O)C2CCCCC2C1=O. The predicted molar refractivity (Wildman–Crippen MR) is 104 cm³/mol. The maximum Gasteiger partial charge on any atom is 0.416 e. The highest BCUT2D eigenvalue weighted by molar-refractivity contribution is 8.26. The molecule has 1 aliphatic carbocycles. The maximum absolute atomic E-state index is 13.2. The van der Waals surface area contributed by atoms with Gasteiger partial charge in [0, 0.05) is 0 Å². The van der Waals surface area contributed by atoms with Gasteiger partial charge in [0.05, 0.1) is 22.3 Å². The number of benzene rings is 1. The van der Waals surface area contributed by atoms with E-state index in [4.69, 9.17) is 12.2 Å². The van der Waals surface area contributed by atoms with Crippen molar-refractivity contribution in [3.63, 3.8) is 0 Å². The Labute approximate surface area is 173 Å². The highest BCUT2D eigenvalue weighted by Gasteiger charge is 2.54. The van der Waals surface area contributed by atoms with Crippen molar-refractivity contribution in [2.24, 2.45) is 11.8 Å².